The van der Waals surface area contributed by atoms with Gasteiger partial charge in [-0.25, -0.2) is 0 Å². The molecule has 12 heavy (non-hydrogen) atoms. The second-order valence-corrected chi connectivity index (χ2v) is 3.17. The monoisotopic (exact) mass is 172 g/mol. The number of halogens is 1. The molecule has 0 aliphatic heterocycles. The van der Waals surface area contributed by atoms with Crippen molar-refractivity contribution >= 4 is 0 Å². The van der Waals surface area contributed by atoms with Crippen molar-refractivity contribution < 1.29 is 4.39 Å². The quantitative estimate of drug-likeness (QED) is 0.379. The first-order valence-electron chi connectivity index (χ1n) is 5.09. The molecule has 0 aliphatic rings. The summed E-state index contributed by atoms with van der Waals surface area (Å²) in [6.45, 7) is 1.92. The number of unbranched alkanes of at least 4 members (excludes halogenated alkanes) is 6. The van der Waals surface area contributed by atoms with Gasteiger partial charge in [-0.1, -0.05) is 37.8 Å². The lowest BCUT2D eigenvalue weighted by molar-refractivity contribution is 0.450. The van der Waals surface area contributed by atoms with Crippen molar-refractivity contribution in [2.75, 3.05) is 6.67 Å². The van der Waals surface area contributed by atoms with Crippen LogP contribution in [-0.4, -0.2) is 6.67 Å². The zero-order valence-corrected chi connectivity index (χ0v) is 8.19. The molecule has 0 amide bonds. The van der Waals surface area contributed by atoms with Gasteiger partial charge in [-0.2, -0.15) is 0 Å². The van der Waals surface area contributed by atoms with Crippen molar-refractivity contribution in [3.8, 4) is 0 Å². The van der Waals surface area contributed by atoms with Crippen LogP contribution in [0.4, 0.5) is 4.39 Å². The summed E-state index contributed by atoms with van der Waals surface area (Å²) in [6.07, 6.45) is 12.4. The van der Waals surface area contributed by atoms with E-state index in [-0.39, 0.29) is 6.67 Å². The molecule has 0 fully saturated rings. The van der Waals surface area contributed by atoms with Crippen LogP contribution in [-0.2, 0) is 0 Å². The third kappa shape index (κ3) is 9.67. The van der Waals surface area contributed by atoms with E-state index >= 15 is 0 Å². The smallest absolute Gasteiger partial charge is 0.0894 e. The second kappa shape index (κ2) is 10.7. The Balaban J connectivity index is 2.81. The predicted octanol–water partition coefficient (Wildman–Crippen LogP) is 4.26. The largest absolute Gasteiger partial charge is 0.251 e. The fourth-order valence-electron chi connectivity index (χ4n) is 1.23. The van der Waals surface area contributed by atoms with Crippen LogP contribution in [0, 0.1) is 0 Å². The fourth-order valence-corrected chi connectivity index (χ4v) is 1.23. The van der Waals surface area contributed by atoms with Gasteiger partial charge in [-0.05, 0) is 26.2 Å². The number of rotatable bonds is 8. The average molecular weight is 172 g/mol. The molecule has 72 valence electrons. The Morgan fingerprint density at radius 2 is 1.50 bits per heavy atom. The lowest BCUT2D eigenvalue weighted by Gasteiger charge is -1.97. The zero-order valence-electron chi connectivity index (χ0n) is 8.19. The third-order valence-corrected chi connectivity index (χ3v) is 1.99. The van der Waals surface area contributed by atoms with Crippen LogP contribution in [0.2, 0.25) is 0 Å². The van der Waals surface area contributed by atoms with Crippen LogP contribution in [0.1, 0.15) is 51.9 Å². The molecule has 0 radical (unpaired) electrons. The molecule has 0 unspecified atom stereocenters. The highest BCUT2D eigenvalue weighted by Gasteiger charge is 1.89. The molecule has 0 atom stereocenters. The molecule has 0 spiro atoms. The van der Waals surface area contributed by atoms with Crippen LogP contribution < -0.4 is 0 Å². The van der Waals surface area contributed by atoms with Crippen molar-refractivity contribution in [2.45, 2.75) is 51.9 Å². The molecule has 0 aromatic rings. The van der Waals surface area contributed by atoms with Gasteiger partial charge in [0.15, 0.2) is 0 Å². The van der Waals surface area contributed by atoms with Crippen molar-refractivity contribution in [1.82, 2.24) is 0 Å². The Morgan fingerprint density at radius 3 is 2.08 bits per heavy atom. The Kier molecular flexibility index (Phi) is 10.4. The maximum atomic E-state index is 11.7. The van der Waals surface area contributed by atoms with E-state index in [2.05, 4.69) is 19.1 Å². The summed E-state index contributed by atoms with van der Waals surface area (Å²) < 4.78 is 11.7. The van der Waals surface area contributed by atoms with Crippen molar-refractivity contribution in [2.24, 2.45) is 0 Å². The van der Waals surface area contributed by atoms with Gasteiger partial charge in [0.2, 0.25) is 0 Å². The number of hydrogen-bond donors (Lipinski definition) is 0. The summed E-state index contributed by atoms with van der Waals surface area (Å²) >= 11 is 0. The highest BCUT2D eigenvalue weighted by Crippen LogP contribution is 2.07. The second-order valence-electron chi connectivity index (χ2n) is 3.17. The molecule has 0 nitrogen and oxygen atoms in total. The minimum absolute atomic E-state index is 0.140. The van der Waals surface area contributed by atoms with Gasteiger partial charge in [0.1, 0.15) is 0 Å². The van der Waals surface area contributed by atoms with Gasteiger partial charge in [0, 0.05) is 0 Å². The Labute approximate surface area is 75.9 Å². The first-order valence-corrected chi connectivity index (χ1v) is 5.09. The number of alkyl halides is 1. The van der Waals surface area contributed by atoms with Crippen molar-refractivity contribution in [1.29, 1.82) is 0 Å². The molecule has 1 heteroatoms. The van der Waals surface area contributed by atoms with Crippen LogP contribution in [0.3, 0.4) is 0 Å². The average Bonchev–Trinajstić information content (AvgIpc) is 2.10. The zero-order chi connectivity index (χ0) is 9.07. The Hall–Kier alpha value is -0.330. The van der Waals surface area contributed by atoms with Crippen LogP contribution >= 0.6 is 0 Å². The first kappa shape index (κ1) is 11.7. The maximum absolute atomic E-state index is 11.7. The molecule has 0 aromatic carbocycles. The minimum Gasteiger partial charge on any atom is -0.251 e. The predicted molar refractivity (Wildman–Crippen MR) is 53.1 cm³/mol. The fraction of sp³-hybridized carbons (Fsp3) is 0.818. The number of allylic oxidation sites excluding steroid dienone is 2. The van der Waals surface area contributed by atoms with E-state index in [1.54, 1.807) is 0 Å². The van der Waals surface area contributed by atoms with Gasteiger partial charge >= 0.3 is 0 Å². The Morgan fingerprint density at radius 1 is 0.917 bits per heavy atom. The van der Waals surface area contributed by atoms with E-state index in [1.807, 2.05) is 0 Å². The van der Waals surface area contributed by atoms with Gasteiger partial charge in [0.25, 0.3) is 0 Å². The molecule has 0 bridgehead atoms. The molecule has 0 saturated carbocycles. The van der Waals surface area contributed by atoms with E-state index in [9.17, 15) is 4.39 Å². The molecular formula is C11H21F. The van der Waals surface area contributed by atoms with Crippen molar-refractivity contribution in [3.63, 3.8) is 0 Å². The normalized spacial score (nSPS) is 11.2. The van der Waals surface area contributed by atoms with Gasteiger partial charge in [0.05, 0.1) is 6.67 Å². The number of hydrogen-bond acceptors (Lipinski definition) is 0. The molecule has 0 aromatic heterocycles. The summed E-state index contributed by atoms with van der Waals surface area (Å²) in [4.78, 5) is 0. The first-order chi connectivity index (χ1) is 5.91. The summed E-state index contributed by atoms with van der Waals surface area (Å²) in [5, 5.41) is 0. The standard InChI is InChI=1S/C11H21F/c1-2-3-4-5-6-7-8-9-10-11-12/h2-3H,4-11H2,1H3/b3-2+. The molecular weight excluding hydrogens is 151 g/mol. The van der Waals surface area contributed by atoms with Gasteiger partial charge in [-0.15, -0.1) is 0 Å². The topological polar surface area (TPSA) is 0 Å². The molecule has 0 saturated heterocycles. The summed E-state index contributed by atoms with van der Waals surface area (Å²) in [5.41, 5.74) is 0. The molecule has 0 aliphatic carbocycles. The van der Waals surface area contributed by atoms with E-state index < -0.39 is 0 Å². The van der Waals surface area contributed by atoms with E-state index in [4.69, 9.17) is 0 Å². The van der Waals surface area contributed by atoms with Gasteiger partial charge < -0.3 is 0 Å². The summed E-state index contributed by atoms with van der Waals surface area (Å²) in [6, 6.07) is 0. The summed E-state index contributed by atoms with van der Waals surface area (Å²) in [5.74, 6) is 0. The van der Waals surface area contributed by atoms with E-state index in [0.29, 0.717) is 0 Å². The molecule has 0 heterocycles. The highest BCUT2D eigenvalue weighted by atomic mass is 19.1. The maximum Gasteiger partial charge on any atom is 0.0894 e. The lowest BCUT2D eigenvalue weighted by Crippen LogP contribution is -1.80. The molecule has 0 rings (SSSR count). The van der Waals surface area contributed by atoms with E-state index in [0.717, 1.165) is 12.8 Å². The van der Waals surface area contributed by atoms with Crippen molar-refractivity contribution in [3.05, 3.63) is 12.2 Å². The molecule has 0 N–H and O–H groups in total. The minimum atomic E-state index is -0.140. The highest BCUT2D eigenvalue weighted by molar-refractivity contribution is 4.76. The van der Waals surface area contributed by atoms with Crippen LogP contribution in [0.25, 0.3) is 0 Å². The van der Waals surface area contributed by atoms with Crippen LogP contribution in [0.5, 0.6) is 0 Å². The van der Waals surface area contributed by atoms with E-state index in [1.165, 1.54) is 32.1 Å². The Bertz CT molecular complexity index is 97.2. The lowest BCUT2D eigenvalue weighted by atomic mass is 10.1. The summed E-state index contributed by atoms with van der Waals surface area (Å²) in [7, 11) is 0. The third-order valence-electron chi connectivity index (χ3n) is 1.99. The van der Waals surface area contributed by atoms with Crippen LogP contribution in [0.15, 0.2) is 12.2 Å². The van der Waals surface area contributed by atoms with Gasteiger partial charge in [-0.3, -0.25) is 4.39 Å². The SMILES string of the molecule is C/C=C/CCCCCCCCF.